The van der Waals surface area contributed by atoms with Crippen LogP contribution >= 0.6 is 27.3 Å². The Balaban J connectivity index is 1.37. The molecule has 0 atom stereocenters. The van der Waals surface area contributed by atoms with Crippen LogP contribution in [0.5, 0.6) is 0 Å². The van der Waals surface area contributed by atoms with Gasteiger partial charge in [0.2, 0.25) is 5.91 Å². The van der Waals surface area contributed by atoms with E-state index in [9.17, 15) is 9.59 Å². The number of piperazine rings is 1. The molecule has 0 spiro atoms. The van der Waals surface area contributed by atoms with Crippen LogP contribution in [0.15, 0.2) is 46.3 Å². The molecule has 1 aromatic carbocycles. The maximum atomic E-state index is 12.3. The molecule has 1 N–H and O–H groups in total. The number of hydrogen-bond acceptors (Lipinski definition) is 4. The van der Waals surface area contributed by atoms with E-state index in [2.05, 4.69) is 50.4 Å². The number of halogens is 1. The van der Waals surface area contributed by atoms with Crippen molar-refractivity contribution in [3.05, 3.63) is 56.7 Å². The van der Waals surface area contributed by atoms with E-state index in [1.165, 1.54) is 16.9 Å². The van der Waals surface area contributed by atoms with Gasteiger partial charge in [-0.05, 0) is 40.0 Å². The number of benzene rings is 1. The molecule has 1 aliphatic rings. The van der Waals surface area contributed by atoms with E-state index in [0.717, 1.165) is 29.8 Å². The predicted molar refractivity (Wildman–Crippen MR) is 108 cm³/mol. The fourth-order valence-corrected chi connectivity index (χ4v) is 4.25. The first kappa shape index (κ1) is 19.1. The first-order chi connectivity index (χ1) is 12.6. The molecule has 1 fully saturated rings. The van der Waals surface area contributed by atoms with Gasteiger partial charge in [-0.3, -0.25) is 14.5 Å². The molecule has 1 aliphatic heterocycles. The monoisotopic (exact) mass is 435 g/mol. The molecule has 7 heteroatoms. The van der Waals surface area contributed by atoms with Crippen molar-refractivity contribution in [1.29, 1.82) is 0 Å². The highest BCUT2D eigenvalue weighted by molar-refractivity contribution is 9.11. The Bertz CT molecular complexity index is 742. The van der Waals surface area contributed by atoms with Crippen LogP contribution in [-0.2, 0) is 11.2 Å². The Morgan fingerprint density at radius 2 is 1.77 bits per heavy atom. The van der Waals surface area contributed by atoms with E-state index in [4.69, 9.17) is 0 Å². The van der Waals surface area contributed by atoms with Crippen molar-refractivity contribution in [1.82, 2.24) is 15.1 Å². The van der Waals surface area contributed by atoms with Gasteiger partial charge < -0.3 is 10.2 Å². The highest BCUT2D eigenvalue weighted by Gasteiger charge is 2.21. The second-order valence-corrected chi connectivity index (χ2v) is 8.71. The summed E-state index contributed by atoms with van der Waals surface area (Å²) >= 11 is 4.69. The number of nitrogens with one attached hydrogen (secondary N) is 1. The van der Waals surface area contributed by atoms with E-state index in [1.54, 1.807) is 6.07 Å². The standard InChI is InChI=1S/C19H22BrN3O2S/c20-17-7-6-16(26-17)19(25)21-14-18(24)23-12-10-22(11-13-23)9-8-15-4-2-1-3-5-15/h1-7H,8-14H2,(H,21,25). The summed E-state index contributed by atoms with van der Waals surface area (Å²) in [5.74, 6) is -0.216. The van der Waals surface area contributed by atoms with Gasteiger partial charge in [-0.2, -0.15) is 0 Å². The van der Waals surface area contributed by atoms with Crippen molar-refractivity contribution in [2.75, 3.05) is 39.3 Å². The molecule has 2 heterocycles. The molecule has 26 heavy (non-hydrogen) atoms. The van der Waals surface area contributed by atoms with E-state index >= 15 is 0 Å². The highest BCUT2D eigenvalue weighted by atomic mass is 79.9. The molecule has 138 valence electrons. The third kappa shape index (κ3) is 5.40. The number of thiophene rings is 1. The molecule has 3 rings (SSSR count). The number of hydrogen-bond donors (Lipinski definition) is 1. The summed E-state index contributed by atoms with van der Waals surface area (Å²) in [6, 6.07) is 14.0. The summed E-state index contributed by atoms with van der Waals surface area (Å²) in [5, 5.41) is 2.71. The fraction of sp³-hybridized carbons (Fsp3) is 0.368. The average Bonchev–Trinajstić information content (AvgIpc) is 3.12. The second kappa shape index (κ2) is 9.30. The molecule has 2 amide bonds. The van der Waals surface area contributed by atoms with Gasteiger partial charge in [0.15, 0.2) is 0 Å². The summed E-state index contributed by atoms with van der Waals surface area (Å²) in [7, 11) is 0. The van der Waals surface area contributed by atoms with Crippen LogP contribution in [-0.4, -0.2) is 60.9 Å². The minimum absolute atomic E-state index is 0.0170. The van der Waals surface area contributed by atoms with Crippen molar-refractivity contribution in [3.8, 4) is 0 Å². The molecule has 0 aliphatic carbocycles. The van der Waals surface area contributed by atoms with Crippen LogP contribution in [0.3, 0.4) is 0 Å². The molecule has 1 saturated heterocycles. The predicted octanol–water partition coefficient (Wildman–Crippen LogP) is 2.63. The van der Waals surface area contributed by atoms with E-state index < -0.39 is 0 Å². The third-order valence-corrected chi connectivity index (χ3v) is 6.10. The largest absolute Gasteiger partial charge is 0.342 e. The Hall–Kier alpha value is -1.70. The lowest BCUT2D eigenvalue weighted by atomic mass is 10.1. The normalized spacial score (nSPS) is 15.0. The number of rotatable bonds is 6. The smallest absolute Gasteiger partial charge is 0.261 e. The zero-order valence-electron chi connectivity index (χ0n) is 14.5. The quantitative estimate of drug-likeness (QED) is 0.758. The molecule has 1 aromatic heterocycles. The van der Waals surface area contributed by atoms with Gasteiger partial charge >= 0.3 is 0 Å². The minimum Gasteiger partial charge on any atom is -0.342 e. The van der Waals surface area contributed by atoms with Crippen molar-refractivity contribution in [2.45, 2.75) is 6.42 Å². The van der Waals surface area contributed by atoms with Crippen molar-refractivity contribution in [3.63, 3.8) is 0 Å². The summed E-state index contributed by atoms with van der Waals surface area (Å²) in [6.07, 6.45) is 1.03. The fourth-order valence-electron chi connectivity index (χ4n) is 2.94. The Morgan fingerprint density at radius 3 is 2.42 bits per heavy atom. The van der Waals surface area contributed by atoms with Crippen LogP contribution in [0.4, 0.5) is 0 Å². The van der Waals surface area contributed by atoms with Gasteiger partial charge in [0.05, 0.1) is 15.2 Å². The molecule has 0 saturated carbocycles. The van der Waals surface area contributed by atoms with Gasteiger partial charge in [-0.1, -0.05) is 30.3 Å². The average molecular weight is 436 g/mol. The lowest BCUT2D eigenvalue weighted by Gasteiger charge is -2.34. The molecule has 2 aromatic rings. The maximum Gasteiger partial charge on any atom is 0.261 e. The van der Waals surface area contributed by atoms with Crippen LogP contribution in [0.2, 0.25) is 0 Å². The first-order valence-electron chi connectivity index (χ1n) is 8.69. The molecular formula is C19H22BrN3O2S. The number of amides is 2. The minimum atomic E-state index is -0.199. The summed E-state index contributed by atoms with van der Waals surface area (Å²) < 4.78 is 0.903. The number of carbonyl (C=O) groups is 2. The van der Waals surface area contributed by atoms with Crippen LogP contribution in [0, 0.1) is 0 Å². The molecule has 0 unspecified atom stereocenters. The Labute approximate surface area is 166 Å². The molecular weight excluding hydrogens is 414 g/mol. The van der Waals surface area contributed by atoms with Gasteiger partial charge in [-0.25, -0.2) is 0 Å². The van der Waals surface area contributed by atoms with Gasteiger partial charge in [0.25, 0.3) is 5.91 Å². The van der Waals surface area contributed by atoms with Crippen LogP contribution in [0.25, 0.3) is 0 Å². The van der Waals surface area contributed by atoms with E-state index in [1.807, 2.05) is 17.0 Å². The van der Waals surface area contributed by atoms with E-state index in [-0.39, 0.29) is 18.4 Å². The number of nitrogens with zero attached hydrogens (tertiary/aromatic N) is 2. The summed E-state index contributed by atoms with van der Waals surface area (Å²) in [5.41, 5.74) is 1.34. The van der Waals surface area contributed by atoms with Crippen molar-refractivity contribution >= 4 is 39.1 Å². The zero-order chi connectivity index (χ0) is 18.4. The topological polar surface area (TPSA) is 52.7 Å². The van der Waals surface area contributed by atoms with Gasteiger partial charge in [-0.15, -0.1) is 11.3 Å². The number of carbonyl (C=O) groups excluding carboxylic acids is 2. The molecule has 0 bridgehead atoms. The SMILES string of the molecule is O=C(NCC(=O)N1CCN(CCc2ccccc2)CC1)c1ccc(Br)s1. The maximum absolute atomic E-state index is 12.3. The van der Waals surface area contributed by atoms with Crippen LogP contribution in [0.1, 0.15) is 15.2 Å². The van der Waals surface area contributed by atoms with Crippen molar-refractivity contribution in [2.24, 2.45) is 0 Å². The van der Waals surface area contributed by atoms with Crippen LogP contribution < -0.4 is 5.32 Å². The van der Waals surface area contributed by atoms with E-state index in [0.29, 0.717) is 18.0 Å². The first-order valence-corrected chi connectivity index (χ1v) is 10.3. The highest BCUT2D eigenvalue weighted by Crippen LogP contribution is 2.21. The Morgan fingerprint density at radius 1 is 1.04 bits per heavy atom. The molecule has 0 radical (unpaired) electrons. The van der Waals surface area contributed by atoms with Gasteiger partial charge in [0, 0.05) is 32.7 Å². The second-order valence-electron chi connectivity index (χ2n) is 6.24. The lowest BCUT2D eigenvalue weighted by Crippen LogP contribution is -2.51. The van der Waals surface area contributed by atoms with Crippen molar-refractivity contribution < 1.29 is 9.59 Å². The summed E-state index contributed by atoms with van der Waals surface area (Å²) in [4.78, 5) is 29.2. The summed E-state index contributed by atoms with van der Waals surface area (Å²) in [6.45, 7) is 4.26. The third-order valence-electron chi connectivity index (χ3n) is 4.48. The molecule has 5 nitrogen and oxygen atoms in total. The zero-order valence-corrected chi connectivity index (χ0v) is 16.9. The lowest BCUT2D eigenvalue weighted by molar-refractivity contribution is -0.131. The van der Waals surface area contributed by atoms with Gasteiger partial charge in [0.1, 0.15) is 0 Å². The Kier molecular flexibility index (Phi) is 6.82.